The molecule has 0 saturated carbocycles. The van der Waals surface area contributed by atoms with Crippen LogP contribution in [0.25, 0.3) is 21.3 Å². The molecule has 0 aliphatic heterocycles. The average Bonchev–Trinajstić information content (AvgIpc) is 3.11. The number of nitrogens with zero attached hydrogens (tertiary/aromatic N) is 3. The second-order valence-electron chi connectivity index (χ2n) is 4.72. The molecule has 2 aromatic heterocycles. The number of hydrogen-bond acceptors (Lipinski definition) is 4. The van der Waals surface area contributed by atoms with Crippen molar-refractivity contribution in [1.82, 2.24) is 15.0 Å². The van der Waals surface area contributed by atoms with Crippen LogP contribution in [0.1, 0.15) is 16.7 Å². The fourth-order valence-corrected chi connectivity index (χ4v) is 3.37. The minimum Gasteiger partial charge on any atom is -0.340 e. The Morgan fingerprint density at radius 1 is 1.00 bits per heavy atom. The lowest BCUT2D eigenvalue weighted by atomic mass is 10.2. The third-order valence-electron chi connectivity index (χ3n) is 3.37. The van der Waals surface area contributed by atoms with Crippen LogP contribution in [0.2, 0.25) is 0 Å². The Hall–Kier alpha value is -2.71. The zero-order valence-corrected chi connectivity index (χ0v) is 11.8. The molecule has 2 aromatic carbocycles. The van der Waals surface area contributed by atoms with Crippen LogP contribution in [0, 0.1) is 11.3 Å². The summed E-state index contributed by atoms with van der Waals surface area (Å²) in [5, 5.41) is 10.3. The Kier molecular flexibility index (Phi) is 2.69. The number of imidazole rings is 1. The van der Waals surface area contributed by atoms with Gasteiger partial charge in [0.15, 0.2) is 5.92 Å². The molecule has 4 nitrogen and oxygen atoms in total. The number of para-hydroxylation sites is 3. The predicted molar refractivity (Wildman–Crippen MR) is 83.2 cm³/mol. The van der Waals surface area contributed by atoms with Gasteiger partial charge in [0.2, 0.25) is 0 Å². The van der Waals surface area contributed by atoms with Crippen LogP contribution in [0.4, 0.5) is 0 Å². The largest absolute Gasteiger partial charge is 0.340 e. The van der Waals surface area contributed by atoms with Crippen molar-refractivity contribution in [2.24, 2.45) is 0 Å². The molecule has 0 spiro atoms. The molecule has 0 bridgehead atoms. The number of rotatable bonds is 2. The standard InChI is InChI=1S/C16H10N4S/c17-9-10(15-18-11-5-1-2-6-12(11)19-15)16-20-13-7-3-4-8-14(13)21-16/h1-8,10H,(H,18,19). The normalized spacial score (nSPS) is 12.5. The number of fused-ring (bicyclic) bond motifs is 2. The van der Waals surface area contributed by atoms with Crippen LogP contribution in [-0.4, -0.2) is 15.0 Å². The monoisotopic (exact) mass is 290 g/mol. The first kappa shape index (κ1) is 12.1. The molecular formula is C16H10N4S. The van der Waals surface area contributed by atoms with Gasteiger partial charge in [-0.25, -0.2) is 9.97 Å². The average molecular weight is 290 g/mol. The molecule has 4 aromatic rings. The van der Waals surface area contributed by atoms with Gasteiger partial charge < -0.3 is 4.98 Å². The first-order valence-electron chi connectivity index (χ1n) is 6.55. The summed E-state index contributed by atoms with van der Waals surface area (Å²) in [4.78, 5) is 12.3. The van der Waals surface area contributed by atoms with Gasteiger partial charge in [-0.3, -0.25) is 0 Å². The fourth-order valence-electron chi connectivity index (χ4n) is 2.36. The topological polar surface area (TPSA) is 65.4 Å². The SMILES string of the molecule is N#CC(c1nc2ccccc2[nH]1)c1nc2ccccc2s1. The smallest absolute Gasteiger partial charge is 0.156 e. The molecule has 4 rings (SSSR count). The van der Waals surface area contributed by atoms with E-state index in [2.05, 4.69) is 21.0 Å². The number of aromatic nitrogens is 3. The first-order chi connectivity index (χ1) is 10.3. The summed E-state index contributed by atoms with van der Waals surface area (Å²) in [7, 11) is 0. The van der Waals surface area contributed by atoms with Gasteiger partial charge in [-0.05, 0) is 24.3 Å². The highest BCUT2D eigenvalue weighted by Gasteiger charge is 2.21. The number of hydrogen-bond donors (Lipinski definition) is 1. The van der Waals surface area contributed by atoms with Gasteiger partial charge in [0.25, 0.3) is 0 Å². The van der Waals surface area contributed by atoms with Crippen LogP contribution in [0.5, 0.6) is 0 Å². The van der Waals surface area contributed by atoms with Gasteiger partial charge in [-0.2, -0.15) is 5.26 Å². The van der Waals surface area contributed by atoms with Gasteiger partial charge >= 0.3 is 0 Å². The summed E-state index contributed by atoms with van der Waals surface area (Å²) in [5.41, 5.74) is 2.73. The summed E-state index contributed by atoms with van der Waals surface area (Å²) in [6.07, 6.45) is 0. The highest BCUT2D eigenvalue weighted by Crippen LogP contribution is 2.30. The lowest BCUT2D eigenvalue weighted by molar-refractivity contribution is 0.925. The van der Waals surface area contributed by atoms with Crippen LogP contribution in [-0.2, 0) is 0 Å². The van der Waals surface area contributed by atoms with Crippen molar-refractivity contribution in [3.63, 3.8) is 0 Å². The van der Waals surface area contributed by atoms with E-state index in [0.717, 1.165) is 26.3 Å². The second-order valence-corrected chi connectivity index (χ2v) is 5.78. The van der Waals surface area contributed by atoms with E-state index in [1.54, 1.807) is 11.3 Å². The van der Waals surface area contributed by atoms with Gasteiger partial charge in [-0.15, -0.1) is 11.3 Å². The number of aromatic amines is 1. The van der Waals surface area contributed by atoms with E-state index >= 15 is 0 Å². The van der Waals surface area contributed by atoms with Gasteiger partial charge in [0, 0.05) is 0 Å². The Bertz CT molecular complexity index is 836. The maximum Gasteiger partial charge on any atom is 0.156 e. The summed E-state index contributed by atoms with van der Waals surface area (Å²) < 4.78 is 1.09. The van der Waals surface area contributed by atoms with Crippen molar-refractivity contribution in [2.45, 2.75) is 5.92 Å². The van der Waals surface area contributed by atoms with Gasteiger partial charge in [-0.1, -0.05) is 24.3 Å². The number of nitrogens with one attached hydrogen (secondary N) is 1. The number of benzene rings is 2. The third kappa shape index (κ3) is 1.97. The lowest BCUT2D eigenvalue weighted by Crippen LogP contribution is -1.99. The Balaban J connectivity index is 1.85. The number of thiazole rings is 1. The number of nitriles is 1. The van der Waals surface area contributed by atoms with E-state index in [1.807, 2.05) is 48.5 Å². The lowest BCUT2D eigenvalue weighted by Gasteiger charge is -2.00. The second kappa shape index (κ2) is 4.69. The molecule has 2 heterocycles. The highest BCUT2D eigenvalue weighted by atomic mass is 32.1. The zero-order valence-electron chi connectivity index (χ0n) is 10.9. The summed E-state index contributed by atoms with van der Waals surface area (Å²) in [6.45, 7) is 0. The van der Waals surface area contributed by atoms with Gasteiger partial charge in [0.1, 0.15) is 10.8 Å². The van der Waals surface area contributed by atoms with Gasteiger partial charge in [0.05, 0.1) is 27.3 Å². The van der Waals surface area contributed by atoms with E-state index in [4.69, 9.17) is 0 Å². The van der Waals surface area contributed by atoms with Crippen molar-refractivity contribution in [1.29, 1.82) is 5.26 Å². The molecule has 0 radical (unpaired) electrons. The van der Waals surface area contributed by atoms with E-state index < -0.39 is 5.92 Å². The predicted octanol–water partition coefficient (Wildman–Crippen LogP) is 3.83. The molecule has 0 saturated heterocycles. The van der Waals surface area contributed by atoms with Crippen molar-refractivity contribution >= 4 is 32.6 Å². The molecule has 1 atom stereocenters. The quantitative estimate of drug-likeness (QED) is 0.610. The molecule has 1 unspecified atom stereocenters. The van der Waals surface area contributed by atoms with Crippen molar-refractivity contribution in [2.75, 3.05) is 0 Å². The molecule has 100 valence electrons. The molecular weight excluding hydrogens is 280 g/mol. The highest BCUT2D eigenvalue weighted by molar-refractivity contribution is 7.18. The molecule has 0 aliphatic carbocycles. The minimum atomic E-state index is -0.463. The van der Waals surface area contributed by atoms with E-state index in [-0.39, 0.29) is 0 Å². The molecule has 5 heteroatoms. The summed E-state index contributed by atoms with van der Waals surface area (Å²) >= 11 is 1.54. The fraction of sp³-hybridized carbons (Fsp3) is 0.0625. The van der Waals surface area contributed by atoms with Crippen LogP contribution < -0.4 is 0 Å². The Morgan fingerprint density at radius 2 is 1.76 bits per heavy atom. The summed E-state index contributed by atoms with van der Waals surface area (Å²) in [5.74, 6) is 0.188. The molecule has 0 fully saturated rings. The molecule has 0 amide bonds. The van der Waals surface area contributed by atoms with Crippen molar-refractivity contribution in [3.8, 4) is 6.07 Å². The molecule has 0 aliphatic rings. The molecule has 21 heavy (non-hydrogen) atoms. The van der Waals surface area contributed by atoms with Crippen molar-refractivity contribution in [3.05, 3.63) is 59.4 Å². The minimum absolute atomic E-state index is 0.463. The Labute approximate surface area is 124 Å². The zero-order chi connectivity index (χ0) is 14.2. The maximum atomic E-state index is 9.54. The summed E-state index contributed by atoms with van der Waals surface area (Å²) in [6, 6.07) is 18.0. The number of H-pyrrole nitrogens is 1. The van der Waals surface area contributed by atoms with Crippen molar-refractivity contribution < 1.29 is 0 Å². The van der Waals surface area contributed by atoms with E-state index in [1.165, 1.54) is 0 Å². The van der Waals surface area contributed by atoms with Crippen LogP contribution in [0.15, 0.2) is 48.5 Å². The molecule has 1 N–H and O–H groups in total. The van der Waals surface area contributed by atoms with E-state index in [0.29, 0.717) is 5.82 Å². The Morgan fingerprint density at radius 3 is 2.52 bits per heavy atom. The third-order valence-corrected chi connectivity index (χ3v) is 4.47. The van der Waals surface area contributed by atoms with E-state index in [9.17, 15) is 5.26 Å². The van der Waals surface area contributed by atoms with Crippen LogP contribution >= 0.6 is 11.3 Å². The van der Waals surface area contributed by atoms with Crippen LogP contribution in [0.3, 0.4) is 0 Å². The first-order valence-corrected chi connectivity index (χ1v) is 7.36. The maximum absolute atomic E-state index is 9.54.